The van der Waals surface area contributed by atoms with E-state index in [1.807, 2.05) is 51.1 Å². The Kier molecular flexibility index (Phi) is 3.29. The molecule has 0 radical (unpaired) electrons. The third-order valence-electron chi connectivity index (χ3n) is 3.80. The molecule has 5 heteroatoms. The highest BCUT2D eigenvalue weighted by Gasteiger charge is 2.37. The van der Waals surface area contributed by atoms with Crippen molar-refractivity contribution >= 4 is 6.03 Å². The Labute approximate surface area is 124 Å². The summed E-state index contributed by atoms with van der Waals surface area (Å²) >= 11 is 0. The summed E-state index contributed by atoms with van der Waals surface area (Å²) in [5, 5.41) is 0. The van der Waals surface area contributed by atoms with Gasteiger partial charge in [-0.2, -0.15) is 0 Å². The van der Waals surface area contributed by atoms with Crippen molar-refractivity contribution in [3.63, 3.8) is 0 Å². The predicted octanol–water partition coefficient (Wildman–Crippen LogP) is 2.89. The summed E-state index contributed by atoms with van der Waals surface area (Å²) in [5.41, 5.74) is 1.52. The number of aryl methyl sites for hydroxylation is 1. The molecule has 110 valence electrons. The van der Waals surface area contributed by atoms with Crippen LogP contribution < -0.4 is 0 Å². The average molecular weight is 285 g/mol. The van der Waals surface area contributed by atoms with Gasteiger partial charge in [0.2, 0.25) is 0 Å². The molecular formula is C16H19N3O2. The van der Waals surface area contributed by atoms with E-state index in [2.05, 4.69) is 4.98 Å². The lowest BCUT2D eigenvalue weighted by Gasteiger charge is -2.29. The van der Waals surface area contributed by atoms with Gasteiger partial charge in [-0.05, 0) is 20.8 Å². The predicted molar refractivity (Wildman–Crippen MR) is 79.9 cm³/mol. The maximum Gasteiger partial charge on any atom is 0.331 e. The molecule has 1 amide bonds. The third kappa shape index (κ3) is 2.45. The number of nitrogens with zero attached hydrogens (tertiary/aromatic N) is 3. The molecule has 0 bridgehead atoms. The molecule has 5 nitrogen and oxygen atoms in total. The van der Waals surface area contributed by atoms with Gasteiger partial charge in [0, 0.05) is 11.8 Å². The first-order chi connectivity index (χ1) is 9.99. The van der Waals surface area contributed by atoms with Crippen LogP contribution in [0.1, 0.15) is 19.7 Å². The highest BCUT2D eigenvalue weighted by Crippen LogP contribution is 2.24. The topological polar surface area (TPSA) is 47.4 Å². The average Bonchev–Trinajstić information content (AvgIpc) is 3.02. The number of hydrogen-bond acceptors (Lipinski definition) is 3. The van der Waals surface area contributed by atoms with E-state index < -0.39 is 0 Å². The first-order valence-corrected chi connectivity index (χ1v) is 7.00. The van der Waals surface area contributed by atoms with Crippen molar-refractivity contribution in [3.05, 3.63) is 42.4 Å². The Morgan fingerprint density at radius 2 is 2.00 bits per heavy atom. The number of carbonyl (C=O) groups excluding carboxylic acids is 1. The molecule has 1 fully saturated rings. The van der Waals surface area contributed by atoms with E-state index in [9.17, 15) is 4.79 Å². The van der Waals surface area contributed by atoms with E-state index in [4.69, 9.17) is 4.74 Å². The summed E-state index contributed by atoms with van der Waals surface area (Å²) in [6.07, 6.45) is 1.79. The summed E-state index contributed by atoms with van der Waals surface area (Å²) in [4.78, 5) is 18.9. The van der Waals surface area contributed by atoms with Gasteiger partial charge in [-0.1, -0.05) is 30.3 Å². The van der Waals surface area contributed by atoms with E-state index in [1.54, 1.807) is 15.7 Å². The largest absolute Gasteiger partial charge is 0.359 e. The van der Waals surface area contributed by atoms with Crippen molar-refractivity contribution in [2.45, 2.75) is 26.3 Å². The van der Waals surface area contributed by atoms with E-state index in [0.29, 0.717) is 19.2 Å². The van der Waals surface area contributed by atoms with Crippen LogP contribution in [0, 0.1) is 6.92 Å². The minimum atomic E-state index is -0.291. The summed E-state index contributed by atoms with van der Waals surface area (Å²) in [7, 11) is 0. The standard InChI is InChI=1S/C16H19N3O2/c1-12-17-14(13-7-5-4-6-8-13)9-18(12)15(20)19-11-21-10-16(19,2)3/h4-9H,10-11H2,1-3H3. The van der Waals surface area contributed by atoms with Gasteiger partial charge in [0.25, 0.3) is 0 Å². The first kappa shape index (κ1) is 13.8. The summed E-state index contributed by atoms with van der Waals surface area (Å²) in [6, 6.07) is 9.76. The van der Waals surface area contributed by atoms with E-state index in [-0.39, 0.29) is 11.6 Å². The number of rotatable bonds is 1. The monoisotopic (exact) mass is 285 g/mol. The van der Waals surface area contributed by atoms with Gasteiger partial charge in [-0.15, -0.1) is 0 Å². The Morgan fingerprint density at radius 3 is 2.62 bits per heavy atom. The molecule has 0 atom stereocenters. The SMILES string of the molecule is Cc1nc(-c2ccccc2)cn1C(=O)N1COCC1(C)C. The Bertz CT molecular complexity index is 661. The van der Waals surface area contributed by atoms with Crippen LogP contribution >= 0.6 is 0 Å². The molecule has 0 N–H and O–H groups in total. The van der Waals surface area contributed by atoms with Crippen LogP contribution in [0.5, 0.6) is 0 Å². The van der Waals surface area contributed by atoms with Gasteiger partial charge < -0.3 is 4.74 Å². The molecule has 0 aliphatic carbocycles. The zero-order valence-electron chi connectivity index (χ0n) is 12.5. The zero-order valence-corrected chi connectivity index (χ0v) is 12.5. The van der Waals surface area contributed by atoms with Crippen molar-refractivity contribution in [2.24, 2.45) is 0 Å². The second-order valence-corrected chi connectivity index (χ2v) is 5.91. The highest BCUT2D eigenvalue weighted by atomic mass is 16.5. The van der Waals surface area contributed by atoms with Crippen molar-refractivity contribution in [1.82, 2.24) is 14.5 Å². The van der Waals surface area contributed by atoms with Gasteiger partial charge in [0.15, 0.2) is 0 Å². The Hall–Kier alpha value is -2.14. The number of carbonyl (C=O) groups is 1. The molecule has 2 aromatic rings. The fourth-order valence-corrected chi connectivity index (χ4v) is 2.50. The maximum absolute atomic E-state index is 12.7. The zero-order chi connectivity index (χ0) is 15.0. The quantitative estimate of drug-likeness (QED) is 0.809. The minimum Gasteiger partial charge on any atom is -0.359 e. The molecule has 1 aliphatic heterocycles. The van der Waals surface area contributed by atoms with Crippen LogP contribution in [0.15, 0.2) is 36.5 Å². The smallest absolute Gasteiger partial charge is 0.331 e. The lowest BCUT2D eigenvalue weighted by atomic mass is 10.1. The lowest BCUT2D eigenvalue weighted by molar-refractivity contribution is 0.140. The molecule has 21 heavy (non-hydrogen) atoms. The van der Waals surface area contributed by atoms with Gasteiger partial charge in [0.05, 0.1) is 17.8 Å². The molecular weight excluding hydrogens is 266 g/mol. The molecule has 0 unspecified atom stereocenters. The first-order valence-electron chi connectivity index (χ1n) is 7.00. The van der Waals surface area contributed by atoms with Crippen molar-refractivity contribution in [1.29, 1.82) is 0 Å². The van der Waals surface area contributed by atoms with Crippen LogP contribution in [0.2, 0.25) is 0 Å². The molecule has 1 aliphatic rings. The Balaban J connectivity index is 1.93. The summed E-state index contributed by atoms with van der Waals surface area (Å²) in [5.74, 6) is 0.682. The lowest BCUT2D eigenvalue weighted by Crippen LogP contribution is -2.46. The van der Waals surface area contributed by atoms with Crippen LogP contribution in [0.3, 0.4) is 0 Å². The number of amides is 1. The normalized spacial score (nSPS) is 17.2. The van der Waals surface area contributed by atoms with Gasteiger partial charge in [0.1, 0.15) is 12.6 Å². The second kappa shape index (κ2) is 5.00. The fourth-order valence-electron chi connectivity index (χ4n) is 2.50. The van der Waals surface area contributed by atoms with Crippen LogP contribution in [0.4, 0.5) is 4.79 Å². The molecule has 0 saturated carbocycles. The number of ether oxygens (including phenoxy) is 1. The van der Waals surface area contributed by atoms with E-state index in [0.717, 1.165) is 11.3 Å². The van der Waals surface area contributed by atoms with Crippen LogP contribution in [-0.2, 0) is 4.74 Å². The molecule has 0 spiro atoms. The molecule has 1 saturated heterocycles. The third-order valence-corrected chi connectivity index (χ3v) is 3.80. The van der Waals surface area contributed by atoms with E-state index in [1.165, 1.54) is 0 Å². The van der Waals surface area contributed by atoms with E-state index >= 15 is 0 Å². The molecule has 1 aromatic carbocycles. The van der Waals surface area contributed by atoms with Crippen LogP contribution in [-0.4, -0.2) is 39.4 Å². The summed E-state index contributed by atoms with van der Waals surface area (Å²) in [6.45, 7) is 6.72. The van der Waals surface area contributed by atoms with Gasteiger partial charge in [-0.25, -0.2) is 9.78 Å². The highest BCUT2D eigenvalue weighted by molar-refractivity contribution is 5.79. The van der Waals surface area contributed by atoms with Gasteiger partial charge in [-0.3, -0.25) is 9.47 Å². The number of hydrogen-bond donors (Lipinski definition) is 0. The van der Waals surface area contributed by atoms with Crippen LogP contribution in [0.25, 0.3) is 11.3 Å². The van der Waals surface area contributed by atoms with Crippen molar-refractivity contribution in [2.75, 3.05) is 13.3 Å². The molecule has 3 rings (SSSR count). The van der Waals surface area contributed by atoms with Crippen molar-refractivity contribution < 1.29 is 9.53 Å². The molecule has 2 heterocycles. The summed E-state index contributed by atoms with van der Waals surface area (Å²) < 4.78 is 7.01. The number of benzene rings is 1. The van der Waals surface area contributed by atoms with Crippen molar-refractivity contribution in [3.8, 4) is 11.3 Å². The van der Waals surface area contributed by atoms with Gasteiger partial charge >= 0.3 is 6.03 Å². The Morgan fingerprint density at radius 1 is 1.29 bits per heavy atom. The minimum absolute atomic E-state index is 0.0929. The fraction of sp³-hybridized carbons (Fsp3) is 0.375. The maximum atomic E-state index is 12.7. The second-order valence-electron chi connectivity index (χ2n) is 5.91. The number of imidazole rings is 1. The molecule has 1 aromatic heterocycles. The number of aromatic nitrogens is 2.